The molecule has 5 rings (SSSR count). The Morgan fingerprint density at radius 3 is 2.85 bits per heavy atom. The van der Waals surface area contributed by atoms with Gasteiger partial charge in [0.1, 0.15) is 5.82 Å². The fourth-order valence-electron chi connectivity index (χ4n) is 4.89. The summed E-state index contributed by atoms with van der Waals surface area (Å²) in [5, 5.41) is 0. The molecule has 0 amide bonds. The summed E-state index contributed by atoms with van der Waals surface area (Å²) in [4.78, 5) is 41.8. The highest BCUT2D eigenvalue weighted by atomic mass is 16.1. The highest BCUT2D eigenvalue weighted by molar-refractivity contribution is 5.95. The number of hydrogen-bond donors (Lipinski definition) is 2. The van der Waals surface area contributed by atoms with E-state index in [1.54, 1.807) is 6.07 Å². The largest absolute Gasteiger partial charge is 0.341 e. The van der Waals surface area contributed by atoms with Crippen LogP contribution in [0.4, 0.5) is 0 Å². The van der Waals surface area contributed by atoms with E-state index in [1.165, 1.54) is 23.5 Å². The van der Waals surface area contributed by atoms with E-state index >= 15 is 0 Å². The van der Waals surface area contributed by atoms with Gasteiger partial charge in [0.05, 0.1) is 29.3 Å². The van der Waals surface area contributed by atoms with Crippen molar-refractivity contribution in [3.63, 3.8) is 0 Å². The van der Waals surface area contributed by atoms with E-state index in [9.17, 15) is 9.59 Å². The molecule has 1 unspecified atom stereocenters. The Hall–Kier alpha value is -3.58. The summed E-state index contributed by atoms with van der Waals surface area (Å²) in [5.74, 6) is 1.01. The Balaban J connectivity index is 1.29. The van der Waals surface area contributed by atoms with Gasteiger partial charge in [0.15, 0.2) is 5.78 Å². The van der Waals surface area contributed by atoms with Gasteiger partial charge in [-0.15, -0.1) is 0 Å². The first-order chi connectivity index (χ1) is 16.7. The predicted octanol–water partition coefficient (Wildman–Crippen LogP) is 4.58. The fourth-order valence-corrected chi connectivity index (χ4v) is 4.89. The number of fused-ring (bicyclic) bond motifs is 2. The normalized spacial score (nSPS) is 15.5. The number of H-pyrrole nitrogens is 2. The van der Waals surface area contributed by atoms with Crippen molar-refractivity contribution < 1.29 is 4.79 Å². The van der Waals surface area contributed by atoms with E-state index in [4.69, 9.17) is 9.97 Å². The molecule has 0 spiro atoms. The highest BCUT2D eigenvalue weighted by Gasteiger charge is 2.27. The molecule has 1 aromatic carbocycles. The molecule has 0 saturated heterocycles. The number of para-hydroxylation sites is 2. The van der Waals surface area contributed by atoms with Crippen molar-refractivity contribution in [3.8, 4) is 0 Å². The highest BCUT2D eigenvalue weighted by Crippen LogP contribution is 2.34. The van der Waals surface area contributed by atoms with Crippen molar-refractivity contribution in [2.45, 2.75) is 51.1 Å². The first kappa shape index (κ1) is 22.2. The molecule has 3 heterocycles. The number of rotatable bonds is 9. The number of nitrogens with zero attached hydrogens (tertiary/aromatic N) is 3. The van der Waals surface area contributed by atoms with Crippen molar-refractivity contribution in [2.75, 3.05) is 6.54 Å². The van der Waals surface area contributed by atoms with E-state index in [1.807, 2.05) is 30.5 Å². The van der Waals surface area contributed by atoms with Crippen LogP contribution < -0.4 is 5.56 Å². The summed E-state index contributed by atoms with van der Waals surface area (Å²) in [6.07, 6.45) is 8.83. The van der Waals surface area contributed by atoms with Gasteiger partial charge in [0.25, 0.3) is 0 Å². The Morgan fingerprint density at radius 2 is 2.00 bits per heavy atom. The molecule has 174 valence electrons. The molecule has 1 aliphatic rings. The lowest BCUT2D eigenvalue weighted by Crippen LogP contribution is -2.33. The van der Waals surface area contributed by atoms with Gasteiger partial charge < -0.3 is 9.97 Å². The SMILES string of the molecule is O=C(CCCCN(Cc1nc2ccccc2[nH]1)C1CCCc2cccnc21)c1ccc(=O)[nH]c1. The molecule has 7 nitrogen and oxygen atoms in total. The molecule has 1 atom stereocenters. The zero-order valence-corrected chi connectivity index (χ0v) is 19.2. The van der Waals surface area contributed by atoms with Crippen molar-refractivity contribution >= 4 is 16.8 Å². The van der Waals surface area contributed by atoms with Crippen LogP contribution in [0.2, 0.25) is 0 Å². The summed E-state index contributed by atoms with van der Waals surface area (Å²) >= 11 is 0. The summed E-state index contributed by atoms with van der Waals surface area (Å²) in [6.45, 7) is 1.57. The number of aromatic nitrogens is 4. The van der Waals surface area contributed by atoms with E-state index in [0.29, 0.717) is 18.5 Å². The number of nitrogens with one attached hydrogen (secondary N) is 2. The standard InChI is InChI=1S/C27H29N5O2/c33-24(20-13-14-26(34)29-17-20)12-3-4-16-32(18-25-30-21-9-1-2-10-22(21)31-25)23-11-5-7-19-8-6-15-28-27(19)23/h1-2,6,8-10,13-15,17,23H,3-5,7,11-12,16,18H2,(H,29,34)(H,30,31). The Labute approximate surface area is 198 Å². The number of pyridine rings is 2. The van der Waals surface area contributed by atoms with Crippen LogP contribution in [0.25, 0.3) is 11.0 Å². The average Bonchev–Trinajstić information content (AvgIpc) is 3.28. The second kappa shape index (κ2) is 10.1. The van der Waals surface area contributed by atoms with E-state index < -0.39 is 0 Å². The minimum atomic E-state index is -0.195. The van der Waals surface area contributed by atoms with E-state index in [-0.39, 0.29) is 17.4 Å². The fraction of sp³-hybridized carbons (Fsp3) is 0.333. The van der Waals surface area contributed by atoms with Crippen molar-refractivity contribution in [1.82, 2.24) is 24.8 Å². The van der Waals surface area contributed by atoms with Crippen LogP contribution >= 0.6 is 0 Å². The summed E-state index contributed by atoms with van der Waals surface area (Å²) in [5.41, 5.74) is 4.90. The summed E-state index contributed by atoms with van der Waals surface area (Å²) in [7, 11) is 0. The molecule has 0 bridgehead atoms. The number of carbonyl (C=O) groups is 1. The number of Topliss-reactive ketones (excluding diaryl/α,β-unsaturated/α-hetero) is 1. The first-order valence-electron chi connectivity index (χ1n) is 12.0. The molecule has 3 aromatic heterocycles. The molecule has 7 heteroatoms. The number of imidazole rings is 1. The third-order valence-electron chi connectivity index (χ3n) is 6.60. The smallest absolute Gasteiger partial charge is 0.247 e. The van der Waals surface area contributed by atoms with Crippen molar-refractivity contribution in [1.29, 1.82) is 0 Å². The second-order valence-electron chi connectivity index (χ2n) is 8.95. The van der Waals surface area contributed by atoms with Gasteiger partial charge in [-0.05, 0) is 68.5 Å². The maximum absolute atomic E-state index is 12.5. The minimum absolute atomic E-state index is 0.0600. The molecule has 0 radical (unpaired) electrons. The zero-order valence-electron chi connectivity index (χ0n) is 19.2. The Kier molecular flexibility index (Phi) is 6.62. The van der Waals surface area contributed by atoms with Gasteiger partial charge >= 0.3 is 0 Å². The number of hydrogen-bond acceptors (Lipinski definition) is 5. The van der Waals surface area contributed by atoms with Gasteiger partial charge in [-0.1, -0.05) is 18.2 Å². The van der Waals surface area contributed by atoms with Crippen LogP contribution in [0.1, 0.15) is 65.6 Å². The molecular weight excluding hydrogens is 426 g/mol. The number of aromatic amines is 2. The number of carbonyl (C=O) groups excluding carboxylic acids is 1. The summed E-state index contributed by atoms with van der Waals surface area (Å²) < 4.78 is 0. The molecule has 0 aliphatic heterocycles. The molecular formula is C27H29N5O2. The minimum Gasteiger partial charge on any atom is -0.341 e. The molecule has 34 heavy (non-hydrogen) atoms. The maximum atomic E-state index is 12.5. The van der Waals surface area contributed by atoms with Gasteiger partial charge in [0.2, 0.25) is 5.56 Å². The quantitative estimate of drug-likeness (QED) is 0.285. The Bertz CT molecular complexity index is 1290. The first-order valence-corrected chi connectivity index (χ1v) is 12.0. The predicted molar refractivity (Wildman–Crippen MR) is 132 cm³/mol. The van der Waals surface area contributed by atoms with Crippen LogP contribution in [0.15, 0.2) is 65.7 Å². The van der Waals surface area contributed by atoms with Crippen LogP contribution in [0.3, 0.4) is 0 Å². The zero-order chi connectivity index (χ0) is 23.3. The number of ketones is 1. The van der Waals surface area contributed by atoms with Crippen LogP contribution in [0.5, 0.6) is 0 Å². The summed E-state index contributed by atoms with van der Waals surface area (Å²) in [6, 6.07) is 15.6. The molecule has 1 aliphatic carbocycles. The van der Waals surface area contributed by atoms with Crippen LogP contribution in [-0.2, 0) is 13.0 Å². The van der Waals surface area contributed by atoms with E-state index in [2.05, 4.69) is 27.0 Å². The van der Waals surface area contributed by atoms with Crippen molar-refractivity contribution in [2.24, 2.45) is 0 Å². The van der Waals surface area contributed by atoms with Crippen LogP contribution in [-0.4, -0.2) is 37.2 Å². The number of benzene rings is 1. The third-order valence-corrected chi connectivity index (χ3v) is 6.60. The van der Waals surface area contributed by atoms with E-state index in [0.717, 1.165) is 55.5 Å². The lowest BCUT2D eigenvalue weighted by molar-refractivity contribution is 0.0974. The van der Waals surface area contributed by atoms with Crippen LogP contribution in [0, 0.1) is 0 Å². The Morgan fingerprint density at radius 1 is 1.09 bits per heavy atom. The second-order valence-corrected chi connectivity index (χ2v) is 8.95. The average molecular weight is 456 g/mol. The lowest BCUT2D eigenvalue weighted by atomic mass is 9.90. The maximum Gasteiger partial charge on any atom is 0.247 e. The topological polar surface area (TPSA) is 94.7 Å². The third kappa shape index (κ3) is 4.99. The number of aryl methyl sites for hydroxylation is 1. The van der Waals surface area contributed by atoms with Gasteiger partial charge in [0, 0.05) is 30.4 Å². The van der Waals surface area contributed by atoms with Gasteiger partial charge in [-0.3, -0.25) is 19.5 Å². The monoisotopic (exact) mass is 455 g/mol. The molecule has 0 fully saturated rings. The van der Waals surface area contributed by atoms with Crippen molar-refractivity contribution in [3.05, 3.63) is 93.9 Å². The van der Waals surface area contributed by atoms with Gasteiger partial charge in [-0.25, -0.2) is 4.98 Å². The molecule has 4 aromatic rings. The lowest BCUT2D eigenvalue weighted by Gasteiger charge is -2.34. The molecule has 2 N–H and O–H groups in total. The molecule has 0 saturated carbocycles. The number of unbranched alkanes of at least 4 members (excludes halogenated alkanes) is 1. The van der Waals surface area contributed by atoms with Gasteiger partial charge in [-0.2, -0.15) is 0 Å².